The number of rotatable bonds is 2. The molecule has 3 heteroatoms. The van der Waals surface area contributed by atoms with Gasteiger partial charge in [-0.15, -0.1) is 0 Å². The summed E-state index contributed by atoms with van der Waals surface area (Å²) in [7, 11) is 0. The molecule has 3 nitrogen and oxygen atoms in total. The van der Waals surface area contributed by atoms with Gasteiger partial charge in [0.05, 0.1) is 12.5 Å². The van der Waals surface area contributed by atoms with Crippen LogP contribution in [-0.4, -0.2) is 30.1 Å². The maximum Gasteiger partial charge on any atom is 0.130 e. The Kier molecular flexibility index (Phi) is 2.04. The fourth-order valence-electron chi connectivity index (χ4n) is 0.904. The number of nitrogens with zero attached hydrogens (tertiary/aromatic N) is 2. The van der Waals surface area contributed by atoms with Gasteiger partial charge >= 0.3 is 0 Å². The number of aldehydes is 1. The van der Waals surface area contributed by atoms with Gasteiger partial charge in [-0.3, -0.25) is 5.01 Å². The van der Waals surface area contributed by atoms with Crippen molar-refractivity contribution >= 4 is 12.5 Å². The van der Waals surface area contributed by atoms with Crippen molar-refractivity contribution in [2.45, 2.75) is 19.9 Å². The fourth-order valence-corrected chi connectivity index (χ4v) is 0.904. The van der Waals surface area contributed by atoms with E-state index in [0.29, 0.717) is 6.04 Å². The third-order valence-electron chi connectivity index (χ3n) is 1.58. The molecular weight excluding hydrogens is 128 g/mol. The summed E-state index contributed by atoms with van der Waals surface area (Å²) in [6.07, 6.45) is 2.64. The van der Waals surface area contributed by atoms with Crippen molar-refractivity contribution in [1.29, 1.82) is 0 Å². The van der Waals surface area contributed by atoms with Crippen LogP contribution < -0.4 is 0 Å². The second kappa shape index (κ2) is 2.82. The van der Waals surface area contributed by atoms with Crippen LogP contribution in [0.1, 0.15) is 13.8 Å². The highest BCUT2D eigenvalue weighted by molar-refractivity contribution is 5.82. The molecule has 1 heterocycles. The predicted molar refractivity (Wildman–Crippen MR) is 39.9 cm³/mol. The topological polar surface area (TPSA) is 32.7 Å². The molecule has 0 saturated heterocycles. The molecule has 0 aromatic heterocycles. The average molecular weight is 140 g/mol. The van der Waals surface area contributed by atoms with Crippen molar-refractivity contribution in [2.24, 2.45) is 11.0 Å². The first-order valence-electron chi connectivity index (χ1n) is 3.50. The smallest absolute Gasteiger partial charge is 0.130 e. The lowest BCUT2D eigenvalue weighted by molar-refractivity contribution is -0.109. The SMILES string of the molecule is CC(C)N1C[C@H](C=O)C=N1. The lowest BCUT2D eigenvalue weighted by atomic mass is 10.2. The number of hydrogen-bond acceptors (Lipinski definition) is 3. The van der Waals surface area contributed by atoms with Gasteiger partial charge in [-0.1, -0.05) is 0 Å². The summed E-state index contributed by atoms with van der Waals surface area (Å²) in [4.78, 5) is 10.3. The summed E-state index contributed by atoms with van der Waals surface area (Å²) in [5.41, 5.74) is 0. The summed E-state index contributed by atoms with van der Waals surface area (Å²) >= 11 is 0. The van der Waals surface area contributed by atoms with Crippen LogP contribution in [0.2, 0.25) is 0 Å². The quantitative estimate of drug-likeness (QED) is 0.523. The van der Waals surface area contributed by atoms with E-state index in [1.54, 1.807) is 6.21 Å². The third-order valence-corrected chi connectivity index (χ3v) is 1.58. The van der Waals surface area contributed by atoms with Crippen LogP contribution in [-0.2, 0) is 4.79 Å². The minimum Gasteiger partial charge on any atom is -0.303 e. The van der Waals surface area contributed by atoms with E-state index in [4.69, 9.17) is 0 Å². The molecular formula is C7H12N2O. The van der Waals surface area contributed by atoms with Crippen molar-refractivity contribution in [2.75, 3.05) is 6.54 Å². The van der Waals surface area contributed by atoms with Gasteiger partial charge in [-0.25, -0.2) is 0 Å². The van der Waals surface area contributed by atoms with Gasteiger partial charge in [-0.2, -0.15) is 5.10 Å². The summed E-state index contributed by atoms with van der Waals surface area (Å²) in [5, 5.41) is 5.98. The largest absolute Gasteiger partial charge is 0.303 e. The van der Waals surface area contributed by atoms with E-state index < -0.39 is 0 Å². The van der Waals surface area contributed by atoms with Crippen LogP contribution in [0.3, 0.4) is 0 Å². The van der Waals surface area contributed by atoms with Gasteiger partial charge < -0.3 is 4.79 Å². The van der Waals surface area contributed by atoms with Gasteiger partial charge in [0.2, 0.25) is 0 Å². The Labute approximate surface area is 60.7 Å². The first kappa shape index (κ1) is 7.25. The van der Waals surface area contributed by atoms with Crippen molar-refractivity contribution < 1.29 is 4.79 Å². The number of hydrogen-bond donors (Lipinski definition) is 0. The highest BCUT2D eigenvalue weighted by atomic mass is 16.1. The zero-order valence-electron chi connectivity index (χ0n) is 6.32. The monoisotopic (exact) mass is 140 g/mol. The summed E-state index contributed by atoms with van der Waals surface area (Å²) in [6.45, 7) is 4.87. The molecule has 0 aromatic carbocycles. The van der Waals surface area contributed by atoms with Gasteiger partial charge in [0, 0.05) is 12.3 Å². The molecule has 0 spiro atoms. The van der Waals surface area contributed by atoms with Crippen molar-refractivity contribution in [3.05, 3.63) is 0 Å². The Bertz CT molecular complexity index is 154. The number of carbonyl (C=O) groups excluding carboxylic acids is 1. The third kappa shape index (κ3) is 1.35. The Balaban J connectivity index is 2.45. The molecule has 0 saturated carbocycles. The molecule has 1 rings (SSSR count). The predicted octanol–water partition coefficient (Wildman–Crippen LogP) is 0.511. The summed E-state index contributed by atoms with van der Waals surface area (Å²) in [6, 6.07) is 0.404. The molecule has 0 N–H and O–H groups in total. The first-order chi connectivity index (χ1) is 4.74. The van der Waals surface area contributed by atoms with Crippen LogP contribution in [0, 0.1) is 5.92 Å². The Morgan fingerprint density at radius 1 is 1.80 bits per heavy atom. The Morgan fingerprint density at radius 3 is 2.80 bits per heavy atom. The maximum absolute atomic E-state index is 10.3. The van der Waals surface area contributed by atoms with Crippen LogP contribution in [0.15, 0.2) is 5.10 Å². The average Bonchev–Trinajstić information content (AvgIpc) is 2.34. The van der Waals surface area contributed by atoms with E-state index >= 15 is 0 Å². The highest BCUT2D eigenvalue weighted by Gasteiger charge is 2.17. The molecule has 0 aromatic rings. The van der Waals surface area contributed by atoms with Crippen LogP contribution in [0.5, 0.6) is 0 Å². The van der Waals surface area contributed by atoms with Gasteiger partial charge in [0.25, 0.3) is 0 Å². The summed E-state index contributed by atoms with van der Waals surface area (Å²) in [5.74, 6) is 0.0161. The second-order valence-corrected chi connectivity index (χ2v) is 2.78. The minimum absolute atomic E-state index is 0.0161. The maximum atomic E-state index is 10.3. The standard InChI is InChI=1S/C7H12N2O/c1-6(2)9-4-7(5-10)3-8-9/h3,5-7H,4H2,1-2H3/t7-/m1/s1. The molecule has 10 heavy (non-hydrogen) atoms. The van der Waals surface area contributed by atoms with Crippen LogP contribution in [0.25, 0.3) is 0 Å². The van der Waals surface area contributed by atoms with E-state index in [1.807, 2.05) is 5.01 Å². The lowest BCUT2D eigenvalue weighted by Crippen LogP contribution is -2.25. The van der Waals surface area contributed by atoms with Gasteiger partial charge in [-0.05, 0) is 13.8 Å². The lowest BCUT2D eigenvalue weighted by Gasteiger charge is -2.18. The molecule has 0 aliphatic carbocycles. The van der Waals surface area contributed by atoms with E-state index in [-0.39, 0.29) is 5.92 Å². The number of carbonyl (C=O) groups is 1. The molecule has 0 amide bonds. The second-order valence-electron chi connectivity index (χ2n) is 2.78. The summed E-state index contributed by atoms with van der Waals surface area (Å²) < 4.78 is 0. The highest BCUT2D eigenvalue weighted by Crippen LogP contribution is 2.08. The van der Waals surface area contributed by atoms with Crippen LogP contribution >= 0.6 is 0 Å². The molecule has 0 radical (unpaired) electrons. The van der Waals surface area contributed by atoms with E-state index in [2.05, 4.69) is 18.9 Å². The minimum atomic E-state index is 0.0161. The van der Waals surface area contributed by atoms with E-state index in [9.17, 15) is 4.79 Å². The van der Waals surface area contributed by atoms with Crippen molar-refractivity contribution in [1.82, 2.24) is 5.01 Å². The first-order valence-corrected chi connectivity index (χ1v) is 3.50. The molecule has 0 bridgehead atoms. The Hall–Kier alpha value is -0.860. The molecule has 1 aliphatic heterocycles. The molecule has 1 atom stereocenters. The molecule has 56 valence electrons. The molecule has 0 fully saturated rings. The van der Waals surface area contributed by atoms with E-state index in [1.165, 1.54) is 0 Å². The zero-order chi connectivity index (χ0) is 7.56. The van der Waals surface area contributed by atoms with Crippen LogP contribution in [0.4, 0.5) is 0 Å². The normalized spacial score (nSPS) is 24.3. The number of hydrazone groups is 1. The van der Waals surface area contributed by atoms with Gasteiger partial charge in [0.1, 0.15) is 6.29 Å². The molecule has 0 unspecified atom stereocenters. The molecule has 1 aliphatic rings. The van der Waals surface area contributed by atoms with Crippen molar-refractivity contribution in [3.63, 3.8) is 0 Å². The fraction of sp³-hybridized carbons (Fsp3) is 0.714. The Morgan fingerprint density at radius 2 is 2.50 bits per heavy atom. The van der Waals surface area contributed by atoms with Gasteiger partial charge in [0.15, 0.2) is 0 Å². The van der Waals surface area contributed by atoms with E-state index in [0.717, 1.165) is 12.8 Å². The van der Waals surface area contributed by atoms with Crippen molar-refractivity contribution in [3.8, 4) is 0 Å². The zero-order valence-corrected chi connectivity index (χ0v) is 6.32.